The number of aryl methyl sites for hydroxylation is 1. The number of nitrogens with one attached hydrogen (secondary N) is 2. The number of benzene rings is 3. The van der Waals surface area contributed by atoms with Crippen LogP contribution in [0.4, 0.5) is 15.8 Å². The third kappa shape index (κ3) is 3.93. The van der Waals surface area contributed by atoms with E-state index < -0.39 is 10.0 Å². The molecule has 0 aromatic heterocycles. The van der Waals surface area contributed by atoms with Crippen LogP contribution < -0.4 is 14.8 Å². The zero-order chi connectivity index (χ0) is 24.0. The molecule has 5 nitrogen and oxygen atoms in total. The quantitative estimate of drug-likeness (QED) is 0.398. The van der Waals surface area contributed by atoms with E-state index in [-0.39, 0.29) is 28.6 Å². The molecule has 0 saturated heterocycles. The van der Waals surface area contributed by atoms with Gasteiger partial charge in [-0.3, -0.25) is 4.72 Å². The SMILES string of the molecule is COc1ccc(C)cc1NS(=O)(=O)c1ccc2c(c1)[C@H]1C=CC[C@H]1[C@@H](c1c(F)cccc1Cl)N2. The Balaban J connectivity index is 1.52. The number of halogens is 2. The first-order valence-corrected chi connectivity index (χ1v) is 12.8. The molecule has 0 spiro atoms. The standard InChI is InChI=1S/C26H24ClFN2O3S/c1-15-9-12-24(33-2)23(13-15)30-34(31,32)16-10-11-22-19(14-16)17-5-3-6-18(17)26(29-22)25-20(27)7-4-8-21(25)28/h3-5,7-14,17-18,26,29-30H,6H2,1-2H3/t17-,18+,26-/m0/s1. The Morgan fingerprint density at radius 1 is 1.15 bits per heavy atom. The maximum Gasteiger partial charge on any atom is 0.262 e. The summed E-state index contributed by atoms with van der Waals surface area (Å²) in [6, 6.07) is 14.7. The van der Waals surface area contributed by atoms with Crippen LogP contribution in [0.2, 0.25) is 5.02 Å². The molecule has 0 unspecified atom stereocenters. The molecule has 3 aromatic carbocycles. The molecule has 0 fully saturated rings. The second-order valence-electron chi connectivity index (χ2n) is 8.67. The highest BCUT2D eigenvalue weighted by atomic mass is 35.5. The van der Waals surface area contributed by atoms with Crippen LogP contribution in [0.25, 0.3) is 0 Å². The predicted octanol–water partition coefficient (Wildman–Crippen LogP) is 6.42. The minimum Gasteiger partial charge on any atom is -0.495 e. The Hall–Kier alpha value is -3.03. The van der Waals surface area contributed by atoms with Crippen LogP contribution in [-0.4, -0.2) is 15.5 Å². The first-order chi connectivity index (χ1) is 16.3. The molecule has 0 saturated carbocycles. The fourth-order valence-corrected chi connectivity index (χ4v) is 6.32. The van der Waals surface area contributed by atoms with Gasteiger partial charge in [0.2, 0.25) is 0 Å². The van der Waals surface area contributed by atoms with Crippen molar-refractivity contribution in [2.75, 3.05) is 17.1 Å². The van der Waals surface area contributed by atoms with Crippen LogP contribution >= 0.6 is 11.6 Å². The first kappa shape index (κ1) is 22.7. The van der Waals surface area contributed by atoms with Crippen LogP contribution in [0.5, 0.6) is 5.75 Å². The Bertz CT molecular complexity index is 1390. The van der Waals surface area contributed by atoms with Crippen molar-refractivity contribution in [3.63, 3.8) is 0 Å². The number of anilines is 2. The molecule has 3 atom stereocenters. The van der Waals surface area contributed by atoms with Gasteiger partial charge in [-0.2, -0.15) is 0 Å². The van der Waals surface area contributed by atoms with Crippen LogP contribution in [0, 0.1) is 18.7 Å². The molecule has 2 aliphatic rings. The van der Waals surface area contributed by atoms with E-state index in [1.165, 1.54) is 13.2 Å². The van der Waals surface area contributed by atoms with Gasteiger partial charge in [-0.25, -0.2) is 12.8 Å². The van der Waals surface area contributed by atoms with Gasteiger partial charge in [-0.15, -0.1) is 0 Å². The molecule has 5 rings (SSSR count). The van der Waals surface area contributed by atoms with E-state index in [2.05, 4.69) is 22.2 Å². The average Bonchev–Trinajstić information content (AvgIpc) is 3.29. The van der Waals surface area contributed by atoms with Crippen LogP contribution in [-0.2, 0) is 10.0 Å². The zero-order valence-corrected chi connectivity index (χ0v) is 20.3. The van der Waals surface area contributed by atoms with E-state index in [0.717, 1.165) is 23.2 Å². The smallest absolute Gasteiger partial charge is 0.262 e. The molecule has 1 aliphatic carbocycles. The van der Waals surface area contributed by atoms with Crippen molar-refractivity contribution in [2.24, 2.45) is 5.92 Å². The number of ether oxygens (including phenoxy) is 1. The van der Waals surface area contributed by atoms with E-state index in [1.54, 1.807) is 42.5 Å². The van der Waals surface area contributed by atoms with Gasteiger partial charge in [0.05, 0.1) is 23.7 Å². The van der Waals surface area contributed by atoms with Crippen molar-refractivity contribution >= 4 is 33.0 Å². The number of sulfonamides is 1. The number of hydrogen-bond acceptors (Lipinski definition) is 4. The van der Waals surface area contributed by atoms with Crippen LogP contribution in [0.15, 0.2) is 71.6 Å². The molecule has 176 valence electrons. The van der Waals surface area contributed by atoms with Gasteiger partial charge in [0, 0.05) is 22.2 Å². The van der Waals surface area contributed by atoms with Crippen molar-refractivity contribution in [1.29, 1.82) is 0 Å². The summed E-state index contributed by atoms with van der Waals surface area (Å²) in [5, 5.41) is 3.80. The van der Waals surface area contributed by atoms with E-state index in [0.29, 0.717) is 22.0 Å². The lowest BCUT2D eigenvalue weighted by molar-refractivity contribution is 0.413. The lowest BCUT2D eigenvalue weighted by atomic mass is 9.77. The highest BCUT2D eigenvalue weighted by Crippen LogP contribution is 2.51. The molecule has 34 heavy (non-hydrogen) atoms. The summed E-state index contributed by atoms with van der Waals surface area (Å²) >= 11 is 6.38. The topological polar surface area (TPSA) is 67.4 Å². The lowest BCUT2D eigenvalue weighted by Crippen LogP contribution is -2.30. The van der Waals surface area contributed by atoms with Crippen LogP contribution in [0.3, 0.4) is 0 Å². The molecule has 8 heteroatoms. The van der Waals surface area contributed by atoms with Gasteiger partial charge >= 0.3 is 0 Å². The highest BCUT2D eigenvalue weighted by molar-refractivity contribution is 7.92. The molecule has 0 bridgehead atoms. The fraction of sp³-hybridized carbons (Fsp3) is 0.231. The summed E-state index contributed by atoms with van der Waals surface area (Å²) in [5.74, 6) is 0.0528. The first-order valence-electron chi connectivity index (χ1n) is 11.0. The Morgan fingerprint density at radius 2 is 1.97 bits per heavy atom. The summed E-state index contributed by atoms with van der Waals surface area (Å²) < 4.78 is 49.2. The maximum atomic E-state index is 14.7. The summed E-state index contributed by atoms with van der Waals surface area (Å²) in [6.45, 7) is 1.88. The zero-order valence-electron chi connectivity index (χ0n) is 18.7. The molecular formula is C26H24ClFN2O3S. The van der Waals surface area contributed by atoms with E-state index >= 15 is 0 Å². The largest absolute Gasteiger partial charge is 0.495 e. The average molecular weight is 499 g/mol. The number of allylic oxidation sites excluding steroid dienone is 2. The second kappa shape index (κ2) is 8.64. The van der Waals surface area contributed by atoms with Crippen molar-refractivity contribution in [2.45, 2.75) is 30.2 Å². The monoisotopic (exact) mass is 498 g/mol. The maximum absolute atomic E-state index is 14.7. The molecule has 3 aromatic rings. The van der Waals surface area contributed by atoms with Gasteiger partial charge in [-0.1, -0.05) is 35.9 Å². The predicted molar refractivity (Wildman–Crippen MR) is 133 cm³/mol. The summed E-state index contributed by atoms with van der Waals surface area (Å²) in [6.07, 6.45) is 4.87. The highest BCUT2D eigenvalue weighted by Gasteiger charge is 2.40. The number of fused-ring (bicyclic) bond motifs is 3. The van der Waals surface area contributed by atoms with Gasteiger partial charge in [0.25, 0.3) is 10.0 Å². The van der Waals surface area contributed by atoms with Gasteiger partial charge in [-0.05, 0) is 72.9 Å². The molecular weight excluding hydrogens is 475 g/mol. The van der Waals surface area contributed by atoms with Crippen molar-refractivity contribution in [3.8, 4) is 5.75 Å². The van der Waals surface area contributed by atoms with Crippen molar-refractivity contribution in [1.82, 2.24) is 0 Å². The number of hydrogen-bond donors (Lipinski definition) is 2. The fourth-order valence-electron chi connectivity index (χ4n) is 4.94. The van der Waals surface area contributed by atoms with Crippen LogP contribution in [0.1, 0.15) is 35.1 Å². The summed E-state index contributed by atoms with van der Waals surface area (Å²) in [5.41, 5.74) is 3.36. The van der Waals surface area contributed by atoms with Gasteiger partial charge in [0.1, 0.15) is 11.6 Å². The molecule has 0 radical (unpaired) electrons. The third-order valence-electron chi connectivity index (χ3n) is 6.55. The summed E-state index contributed by atoms with van der Waals surface area (Å²) in [4.78, 5) is 0.151. The molecule has 0 amide bonds. The Morgan fingerprint density at radius 3 is 2.74 bits per heavy atom. The molecule has 2 N–H and O–H groups in total. The second-order valence-corrected chi connectivity index (χ2v) is 10.8. The van der Waals surface area contributed by atoms with E-state index in [9.17, 15) is 12.8 Å². The minimum absolute atomic E-state index is 0.0182. The van der Waals surface area contributed by atoms with E-state index in [1.807, 2.05) is 13.0 Å². The number of methoxy groups -OCH3 is 1. The summed E-state index contributed by atoms with van der Waals surface area (Å²) in [7, 11) is -2.37. The Labute approximate surface area is 203 Å². The van der Waals surface area contributed by atoms with Crippen molar-refractivity contribution < 1.29 is 17.5 Å². The third-order valence-corrected chi connectivity index (χ3v) is 8.25. The lowest BCUT2D eigenvalue weighted by Gasteiger charge is -2.38. The minimum atomic E-state index is -3.87. The normalized spacial score (nSPS) is 20.9. The van der Waals surface area contributed by atoms with E-state index in [4.69, 9.17) is 16.3 Å². The number of rotatable bonds is 5. The van der Waals surface area contributed by atoms with Gasteiger partial charge < -0.3 is 10.1 Å². The Kier molecular flexibility index (Phi) is 5.78. The molecule has 1 aliphatic heterocycles. The van der Waals surface area contributed by atoms with Gasteiger partial charge in [0.15, 0.2) is 0 Å². The molecule has 1 heterocycles. The van der Waals surface area contributed by atoms with Crippen molar-refractivity contribution in [3.05, 3.63) is 94.3 Å².